The second kappa shape index (κ2) is 15.4. The van der Waals surface area contributed by atoms with E-state index in [4.69, 9.17) is 14.5 Å². The Morgan fingerprint density at radius 3 is 2.53 bits per heavy atom. The van der Waals surface area contributed by atoms with Crippen LogP contribution in [0.3, 0.4) is 0 Å². The molecule has 1 aliphatic carbocycles. The van der Waals surface area contributed by atoms with E-state index < -0.39 is 5.92 Å². The van der Waals surface area contributed by atoms with E-state index in [9.17, 15) is 23.2 Å². The molecule has 0 bridgehead atoms. The zero-order valence-corrected chi connectivity index (χ0v) is 29.9. The fourth-order valence-corrected chi connectivity index (χ4v) is 7.20. The third-order valence-corrected chi connectivity index (χ3v) is 10.1. The highest BCUT2D eigenvalue weighted by Crippen LogP contribution is 2.33. The molecule has 3 aromatic heterocycles. The van der Waals surface area contributed by atoms with Crippen molar-refractivity contribution in [2.24, 2.45) is 0 Å². The molecule has 1 N–H and O–H groups in total. The van der Waals surface area contributed by atoms with Crippen LogP contribution in [-0.4, -0.2) is 97.2 Å². The van der Waals surface area contributed by atoms with Crippen LogP contribution in [0.25, 0.3) is 11.4 Å². The Kier molecular flexibility index (Phi) is 10.5. The molecule has 4 aromatic rings. The molecular formula is C37H43F2N9O5. The summed E-state index contributed by atoms with van der Waals surface area (Å²) in [7, 11) is 0. The fourth-order valence-electron chi connectivity index (χ4n) is 7.20. The molecule has 3 aliphatic rings. The molecule has 7 rings (SSSR count). The molecule has 0 unspecified atom stereocenters. The molecule has 0 atom stereocenters. The van der Waals surface area contributed by atoms with Crippen molar-refractivity contribution in [2.45, 2.75) is 77.5 Å². The number of carbonyl (C=O) groups is 2. The molecule has 1 saturated heterocycles. The van der Waals surface area contributed by atoms with E-state index in [2.05, 4.69) is 20.4 Å². The van der Waals surface area contributed by atoms with Gasteiger partial charge in [-0.05, 0) is 43.7 Å². The number of carbonyl (C=O) groups excluding carboxylic acids is 2. The minimum Gasteiger partial charge on any atom is -0.485 e. The molecule has 16 heteroatoms. The maximum atomic E-state index is 14.3. The van der Waals surface area contributed by atoms with Crippen LogP contribution in [0, 0.1) is 6.92 Å². The first kappa shape index (κ1) is 36.1. The maximum Gasteiger partial charge on any atom is 0.299 e. The van der Waals surface area contributed by atoms with Gasteiger partial charge in [0.1, 0.15) is 25.2 Å². The van der Waals surface area contributed by atoms with Crippen molar-refractivity contribution < 1.29 is 27.8 Å². The number of aromatic nitrogens is 6. The Hall–Kier alpha value is -5.25. The number of nitrogens with one attached hydrogen (secondary N) is 1. The van der Waals surface area contributed by atoms with Crippen LogP contribution in [0.4, 0.5) is 14.5 Å². The van der Waals surface area contributed by atoms with Crippen molar-refractivity contribution in [1.82, 2.24) is 39.3 Å². The number of fused-ring (bicyclic) bond motifs is 1. The molecule has 2 aliphatic heterocycles. The molecule has 1 saturated carbocycles. The van der Waals surface area contributed by atoms with Gasteiger partial charge in [-0.2, -0.15) is 9.50 Å². The summed E-state index contributed by atoms with van der Waals surface area (Å²) in [5, 5.41) is 7.55. The lowest BCUT2D eigenvalue weighted by molar-refractivity contribution is -0.123. The molecule has 5 heterocycles. The molecule has 1 aromatic carbocycles. The predicted molar refractivity (Wildman–Crippen MR) is 191 cm³/mol. The van der Waals surface area contributed by atoms with Crippen LogP contribution in [0.15, 0.2) is 47.5 Å². The van der Waals surface area contributed by atoms with Gasteiger partial charge in [0.2, 0.25) is 17.6 Å². The molecule has 14 nitrogen and oxygen atoms in total. The second-order valence-corrected chi connectivity index (χ2v) is 13.6. The normalized spacial score (nSPS) is 17.8. The summed E-state index contributed by atoms with van der Waals surface area (Å²) in [6, 6.07) is 9.26. The van der Waals surface area contributed by atoms with Crippen molar-refractivity contribution in [1.29, 1.82) is 0 Å². The van der Waals surface area contributed by atoms with Gasteiger partial charge in [-0.15, -0.1) is 5.10 Å². The van der Waals surface area contributed by atoms with Gasteiger partial charge in [0, 0.05) is 45.1 Å². The molecule has 0 spiro atoms. The smallest absolute Gasteiger partial charge is 0.299 e. The summed E-state index contributed by atoms with van der Waals surface area (Å²) in [6.45, 7) is 5.90. The number of alkyl halides is 2. The van der Waals surface area contributed by atoms with E-state index in [0.717, 1.165) is 11.1 Å². The number of piperazine rings is 1. The van der Waals surface area contributed by atoms with E-state index in [0.29, 0.717) is 80.9 Å². The van der Waals surface area contributed by atoms with Crippen LogP contribution in [0.5, 0.6) is 5.75 Å². The highest BCUT2D eigenvalue weighted by Gasteiger charge is 2.36. The lowest BCUT2D eigenvalue weighted by atomic mass is 9.92. The average Bonchev–Trinajstić information content (AvgIpc) is 3.63. The van der Waals surface area contributed by atoms with Gasteiger partial charge in [0.15, 0.2) is 17.3 Å². The number of hydrogen-bond donors (Lipinski definition) is 1. The molecule has 280 valence electrons. The number of anilines is 1. The number of aryl methyl sites for hydroxylation is 1. The topological polar surface area (TPSA) is 149 Å². The number of ether oxygens (including phenoxy) is 2. The van der Waals surface area contributed by atoms with Gasteiger partial charge < -0.3 is 29.2 Å². The van der Waals surface area contributed by atoms with Gasteiger partial charge in [0.25, 0.3) is 11.5 Å². The second-order valence-electron chi connectivity index (χ2n) is 13.6. The van der Waals surface area contributed by atoms with Gasteiger partial charge in [-0.1, -0.05) is 43.3 Å². The van der Waals surface area contributed by atoms with Crippen molar-refractivity contribution in [3.63, 3.8) is 0 Å². The van der Waals surface area contributed by atoms with Crippen molar-refractivity contribution in [3.05, 3.63) is 81.6 Å². The van der Waals surface area contributed by atoms with Crippen LogP contribution >= 0.6 is 0 Å². The Labute approximate surface area is 304 Å². The Bertz CT molecular complexity index is 2070. The quantitative estimate of drug-likeness (QED) is 0.257. The summed E-state index contributed by atoms with van der Waals surface area (Å²) in [6.07, 6.45) is 4.03. The lowest BCUT2D eigenvalue weighted by Crippen LogP contribution is -2.51. The first-order valence-electron chi connectivity index (χ1n) is 18.1. The van der Waals surface area contributed by atoms with E-state index in [-0.39, 0.29) is 73.7 Å². The average molecular weight is 732 g/mol. The van der Waals surface area contributed by atoms with Crippen LogP contribution < -0.4 is 20.5 Å². The number of hydrogen-bond acceptors (Lipinski definition) is 10. The Morgan fingerprint density at radius 1 is 1.08 bits per heavy atom. The molecule has 2 amide bonds. The Balaban J connectivity index is 1.15. The molecule has 0 radical (unpaired) electrons. The summed E-state index contributed by atoms with van der Waals surface area (Å²) >= 11 is 0. The minimum absolute atomic E-state index is 0.171. The van der Waals surface area contributed by atoms with Gasteiger partial charge >= 0.3 is 0 Å². The molecular weight excluding hydrogens is 688 g/mol. The number of nitrogens with zero attached hydrogens (tertiary/aromatic N) is 8. The number of rotatable bonds is 10. The summed E-state index contributed by atoms with van der Waals surface area (Å²) in [5.41, 5.74) is 3.10. The molecule has 2 fully saturated rings. The van der Waals surface area contributed by atoms with E-state index in [1.54, 1.807) is 16.4 Å². The summed E-state index contributed by atoms with van der Waals surface area (Å²) in [5.74, 6) is -2.44. The third-order valence-electron chi connectivity index (χ3n) is 10.1. The maximum absolute atomic E-state index is 14.3. The monoisotopic (exact) mass is 731 g/mol. The summed E-state index contributed by atoms with van der Waals surface area (Å²) in [4.78, 5) is 58.6. The first-order chi connectivity index (χ1) is 25.6. The van der Waals surface area contributed by atoms with E-state index in [1.807, 2.05) is 48.2 Å². The number of halogens is 2. The SMILES string of the molecule is CCc1c(N2CCN(C(=O)c3ncnc(C)c3OCc3ccccc3)CC2)c(=O)n2nc(C3=CCOCC3)nc2n1CC(=O)NC1CCC(F)(F)CC1. The largest absolute Gasteiger partial charge is 0.485 e. The van der Waals surface area contributed by atoms with Crippen LogP contribution in [-0.2, 0) is 29.1 Å². The minimum atomic E-state index is -2.71. The highest BCUT2D eigenvalue weighted by atomic mass is 19.3. The van der Waals surface area contributed by atoms with Crippen molar-refractivity contribution >= 4 is 28.9 Å². The first-order valence-corrected chi connectivity index (χ1v) is 18.1. The lowest BCUT2D eigenvalue weighted by Gasteiger charge is -2.36. The van der Waals surface area contributed by atoms with Gasteiger partial charge in [-0.25, -0.2) is 18.7 Å². The van der Waals surface area contributed by atoms with Crippen LogP contribution in [0.1, 0.15) is 72.3 Å². The molecule has 53 heavy (non-hydrogen) atoms. The van der Waals surface area contributed by atoms with Crippen molar-refractivity contribution in [3.8, 4) is 5.75 Å². The van der Waals surface area contributed by atoms with Crippen molar-refractivity contribution in [2.75, 3.05) is 44.3 Å². The third kappa shape index (κ3) is 7.77. The number of amides is 2. The zero-order chi connectivity index (χ0) is 37.1. The Morgan fingerprint density at radius 2 is 1.83 bits per heavy atom. The van der Waals surface area contributed by atoms with Gasteiger partial charge in [-0.3, -0.25) is 14.4 Å². The standard InChI is InChI=1S/C37H43F2N9O5/c1-3-28-31(45-15-17-46(18-16-45)34(50)30-32(24(2)40-23-41-30)53-22-25-7-5-4-6-8-25)35(51)48-36(43-33(44-48)26-11-19-52-20-12-26)47(28)21-29(49)42-27-9-13-37(38,39)14-10-27/h4-8,11,23,27H,3,9-10,12-22H2,1-2H3,(H,42,49). The number of benzene rings is 1. The van der Waals surface area contributed by atoms with E-state index >= 15 is 0 Å². The summed E-state index contributed by atoms with van der Waals surface area (Å²) < 4.78 is 42.1. The van der Waals surface area contributed by atoms with Gasteiger partial charge in [0.05, 0.1) is 24.6 Å². The highest BCUT2D eigenvalue weighted by molar-refractivity contribution is 5.95. The van der Waals surface area contributed by atoms with Crippen LogP contribution in [0.2, 0.25) is 0 Å². The van der Waals surface area contributed by atoms with E-state index in [1.165, 1.54) is 10.8 Å². The predicted octanol–water partition coefficient (Wildman–Crippen LogP) is 3.59. The zero-order valence-electron chi connectivity index (χ0n) is 29.9. The fraction of sp³-hybridized carbons (Fsp3) is 0.486.